The molecule has 4 rings (SSSR count). The Balaban J connectivity index is 1.43. The lowest BCUT2D eigenvalue weighted by Gasteiger charge is -2.29. The number of thiazole rings is 1. The zero-order chi connectivity index (χ0) is 21.6. The lowest BCUT2D eigenvalue weighted by molar-refractivity contribution is -0.121. The number of ether oxygens (including phenoxy) is 3. The van der Waals surface area contributed by atoms with Gasteiger partial charge in [-0.25, -0.2) is 4.98 Å². The van der Waals surface area contributed by atoms with E-state index in [0.717, 1.165) is 34.1 Å². The Labute approximate surface area is 190 Å². The van der Waals surface area contributed by atoms with E-state index in [-0.39, 0.29) is 12.5 Å². The first kappa shape index (κ1) is 21.6. The maximum Gasteiger partial charge on any atom is 0.265 e. The van der Waals surface area contributed by atoms with Gasteiger partial charge in [-0.05, 0) is 48.9 Å². The van der Waals surface area contributed by atoms with Crippen LogP contribution in [0.4, 0.5) is 5.69 Å². The lowest BCUT2D eigenvalue weighted by atomic mass is 10.1. The van der Waals surface area contributed by atoms with Gasteiger partial charge in [-0.2, -0.15) is 0 Å². The molecule has 0 saturated carbocycles. The van der Waals surface area contributed by atoms with Gasteiger partial charge in [0, 0.05) is 36.0 Å². The van der Waals surface area contributed by atoms with E-state index >= 15 is 0 Å². The SMILES string of the molecule is COCCc1nc(-c2ccc3c(c2)N(CCCOc2ccc(Cl)cc2)C(=O)CO3)cs1. The molecule has 2 aromatic carbocycles. The highest BCUT2D eigenvalue weighted by Gasteiger charge is 2.26. The van der Waals surface area contributed by atoms with Crippen LogP contribution in [-0.2, 0) is 16.0 Å². The summed E-state index contributed by atoms with van der Waals surface area (Å²) in [5.41, 5.74) is 2.62. The second-order valence-corrected chi connectivity index (χ2v) is 8.42. The van der Waals surface area contributed by atoms with Crippen molar-refractivity contribution in [2.24, 2.45) is 0 Å². The molecule has 2 heterocycles. The van der Waals surface area contributed by atoms with E-state index in [4.69, 9.17) is 30.8 Å². The highest BCUT2D eigenvalue weighted by molar-refractivity contribution is 7.09. The fourth-order valence-electron chi connectivity index (χ4n) is 3.30. The monoisotopic (exact) mass is 458 g/mol. The van der Waals surface area contributed by atoms with Crippen LogP contribution in [0.5, 0.6) is 11.5 Å². The number of rotatable bonds is 9. The first-order valence-corrected chi connectivity index (χ1v) is 11.3. The molecule has 1 amide bonds. The van der Waals surface area contributed by atoms with Crippen LogP contribution in [0.3, 0.4) is 0 Å². The highest BCUT2D eigenvalue weighted by atomic mass is 35.5. The number of nitrogens with zero attached hydrogens (tertiary/aromatic N) is 2. The van der Waals surface area contributed by atoms with Gasteiger partial charge in [0.25, 0.3) is 5.91 Å². The molecule has 8 heteroatoms. The first-order valence-electron chi connectivity index (χ1n) is 10.0. The van der Waals surface area contributed by atoms with Gasteiger partial charge < -0.3 is 19.1 Å². The van der Waals surface area contributed by atoms with Crippen molar-refractivity contribution in [3.05, 3.63) is 57.9 Å². The summed E-state index contributed by atoms with van der Waals surface area (Å²) in [4.78, 5) is 19.0. The van der Waals surface area contributed by atoms with Crippen molar-refractivity contribution in [2.75, 3.05) is 38.4 Å². The van der Waals surface area contributed by atoms with E-state index in [1.165, 1.54) is 0 Å². The van der Waals surface area contributed by atoms with Crippen molar-refractivity contribution in [1.82, 2.24) is 4.98 Å². The smallest absolute Gasteiger partial charge is 0.265 e. The van der Waals surface area contributed by atoms with Crippen molar-refractivity contribution in [3.63, 3.8) is 0 Å². The Morgan fingerprint density at radius 2 is 2.03 bits per heavy atom. The normalized spacial score (nSPS) is 13.1. The van der Waals surface area contributed by atoms with Gasteiger partial charge in [-0.15, -0.1) is 11.3 Å². The topological polar surface area (TPSA) is 60.9 Å². The molecule has 3 aromatic rings. The first-order chi connectivity index (χ1) is 15.1. The third kappa shape index (κ3) is 5.36. The zero-order valence-corrected chi connectivity index (χ0v) is 18.7. The van der Waals surface area contributed by atoms with Gasteiger partial charge in [0.1, 0.15) is 11.5 Å². The Hall–Kier alpha value is -2.61. The standard InChI is InChI=1S/C23H23ClN2O4S/c1-28-12-9-22-25-19(15-31-22)16-3-8-21-20(13-16)26(23(27)14-30-21)10-2-11-29-18-6-4-17(24)5-7-18/h3-8,13,15H,2,9-12,14H2,1H3. The molecule has 0 bridgehead atoms. The molecule has 6 nitrogen and oxygen atoms in total. The quantitative estimate of drug-likeness (QED) is 0.429. The second kappa shape index (κ2) is 10.1. The number of hydrogen-bond donors (Lipinski definition) is 0. The number of benzene rings is 2. The van der Waals surface area contributed by atoms with Crippen molar-refractivity contribution < 1.29 is 19.0 Å². The Morgan fingerprint density at radius 3 is 2.84 bits per heavy atom. The summed E-state index contributed by atoms with van der Waals surface area (Å²) in [6.07, 6.45) is 1.48. The maximum absolute atomic E-state index is 12.5. The number of carbonyl (C=O) groups is 1. The number of aromatic nitrogens is 1. The molecule has 0 unspecified atom stereocenters. The number of fused-ring (bicyclic) bond motifs is 1. The van der Waals surface area contributed by atoms with Crippen LogP contribution >= 0.6 is 22.9 Å². The second-order valence-electron chi connectivity index (χ2n) is 7.04. The highest BCUT2D eigenvalue weighted by Crippen LogP contribution is 2.36. The summed E-state index contributed by atoms with van der Waals surface area (Å²) in [6.45, 7) is 1.73. The molecule has 162 valence electrons. The summed E-state index contributed by atoms with van der Waals surface area (Å²) in [6, 6.07) is 13.1. The summed E-state index contributed by atoms with van der Waals surface area (Å²) in [7, 11) is 1.68. The minimum Gasteiger partial charge on any atom is -0.494 e. The van der Waals surface area contributed by atoms with E-state index in [1.807, 2.05) is 35.7 Å². The van der Waals surface area contributed by atoms with Crippen LogP contribution in [0, 0.1) is 0 Å². The minimum atomic E-state index is -0.0600. The number of halogens is 1. The van der Waals surface area contributed by atoms with E-state index in [2.05, 4.69) is 0 Å². The minimum absolute atomic E-state index is 0.0439. The summed E-state index contributed by atoms with van der Waals surface area (Å²) in [5, 5.41) is 3.73. The lowest BCUT2D eigenvalue weighted by Crippen LogP contribution is -2.39. The van der Waals surface area contributed by atoms with Crippen LogP contribution in [0.1, 0.15) is 11.4 Å². The summed E-state index contributed by atoms with van der Waals surface area (Å²) < 4.78 is 16.5. The molecule has 0 saturated heterocycles. The molecular weight excluding hydrogens is 436 g/mol. The molecule has 31 heavy (non-hydrogen) atoms. The summed E-state index contributed by atoms with van der Waals surface area (Å²) in [5.74, 6) is 1.40. The zero-order valence-electron chi connectivity index (χ0n) is 17.2. The third-order valence-electron chi connectivity index (χ3n) is 4.88. The number of anilines is 1. The molecule has 0 atom stereocenters. The Kier molecular flexibility index (Phi) is 7.06. The Bertz CT molecular complexity index is 1040. The van der Waals surface area contributed by atoms with Crippen LogP contribution in [-0.4, -0.2) is 44.4 Å². The van der Waals surface area contributed by atoms with E-state index in [0.29, 0.717) is 37.0 Å². The van der Waals surface area contributed by atoms with Crippen LogP contribution in [0.15, 0.2) is 47.8 Å². The van der Waals surface area contributed by atoms with Gasteiger partial charge >= 0.3 is 0 Å². The van der Waals surface area contributed by atoms with E-state index < -0.39 is 0 Å². The largest absolute Gasteiger partial charge is 0.494 e. The number of hydrogen-bond acceptors (Lipinski definition) is 6. The van der Waals surface area contributed by atoms with Crippen LogP contribution in [0.25, 0.3) is 11.3 Å². The van der Waals surface area contributed by atoms with Gasteiger partial charge in [0.15, 0.2) is 6.61 Å². The predicted molar refractivity (Wildman–Crippen MR) is 123 cm³/mol. The van der Waals surface area contributed by atoms with Crippen molar-refractivity contribution in [1.29, 1.82) is 0 Å². The van der Waals surface area contributed by atoms with Crippen LogP contribution < -0.4 is 14.4 Å². The van der Waals surface area contributed by atoms with Crippen LogP contribution in [0.2, 0.25) is 5.02 Å². The molecule has 0 fully saturated rings. The van der Waals surface area contributed by atoms with Gasteiger partial charge in [-0.3, -0.25) is 4.79 Å². The fourth-order valence-corrected chi connectivity index (χ4v) is 4.21. The average molecular weight is 459 g/mol. The van der Waals surface area contributed by atoms with E-state index in [1.54, 1.807) is 35.5 Å². The maximum atomic E-state index is 12.5. The molecular formula is C23H23ClN2O4S. The molecule has 1 aromatic heterocycles. The summed E-state index contributed by atoms with van der Waals surface area (Å²) >= 11 is 7.51. The Morgan fingerprint density at radius 1 is 1.19 bits per heavy atom. The van der Waals surface area contributed by atoms with Gasteiger partial charge in [0.05, 0.1) is 29.6 Å². The predicted octanol–water partition coefficient (Wildman–Crippen LogP) is 4.85. The molecule has 1 aliphatic rings. The molecule has 0 N–H and O–H groups in total. The number of carbonyl (C=O) groups excluding carboxylic acids is 1. The van der Waals surface area contributed by atoms with Crippen molar-refractivity contribution >= 4 is 34.5 Å². The number of methoxy groups -OCH3 is 1. The van der Waals surface area contributed by atoms with E-state index in [9.17, 15) is 4.79 Å². The molecule has 1 aliphatic heterocycles. The van der Waals surface area contributed by atoms with Gasteiger partial charge in [0.2, 0.25) is 0 Å². The van der Waals surface area contributed by atoms with Gasteiger partial charge in [-0.1, -0.05) is 11.6 Å². The third-order valence-corrected chi connectivity index (χ3v) is 6.04. The average Bonchev–Trinajstić information content (AvgIpc) is 3.26. The number of amides is 1. The molecule has 0 aliphatic carbocycles. The molecule has 0 spiro atoms. The fraction of sp³-hybridized carbons (Fsp3) is 0.304. The van der Waals surface area contributed by atoms with Crippen molar-refractivity contribution in [3.8, 4) is 22.8 Å². The molecule has 0 radical (unpaired) electrons. The van der Waals surface area contributed by atoms with Crippen molar-refractivity contribution in [2.45, 2.75) is 12.8 Å².